The third-order valence-electron chi connectivity index (χ3n) is 10.1. The zero-order valence-corrected chi connectivity index (χ0v) is 38.1. The van der Waals surface area contributed by atoms with Crippen LogP contribution in [0.25, 0.3) is 21.5 Å². The summed E-state index contributed by atoms with van der Waals surface area (Å²) in [6.45, 7) is 0. The number of phenolic OH excluding ortho intramolecular Hbond substituents is 4. The fourth-order valence-corrected chi connectivity index (χ4v) is 8.69. The molecule has 0 atom stereocenters. The van der Waals surface area contributed by atoms with Gasteiger partial charge in [-0.3, -0.25) is 13.7 Å². The van der Waals surface area contributed by atoms with Gasteiger partial charge in [-0.2, -0.15) is 45.7 Å². The molecule has 0 spiro atoms. The topological polar surface area (TPSA) is 407 Å². The largest absolute Gasteiger partial charge is 0.506 e. The van der Waals surface area contributed by atoms with Crippen molar-refractivity contribution in [2.75, 3.05) is 16.8 Å². The summed E-state index contributed by atoms with van der Waals surface area (Å²) in [4.78, 5) is -2.36. The van der Waals surface area contributed by atoms with E-state index in [9.17, 15) is 59.3 Å². The molecule has 0 aliphatic heterocycles. The van der Waals surface area contributed by atoms with E-state index in [1.807, 2.05) is 0 Å². The fourth-order valence-electron chi connectivity index (χ4n) is 6.71. The zero-order valence-electron chi connectivity index (χ0n) is 35.7. The minimum absolute atomic E-state index is 0.0203. The summed E-state index contributed by atoms with van der Waals surface area (Å²) in [7, 11) is -15.0. The summed E-state index contributed by atoms with van der Waals surface area (Å²) in [6, 6.07) is 27.4. The molecule has 8 aromatic rings. The van der Waals surface area contributed by atoms with E-state index in [1.54, 1.807) is 0 Å². The summed E-state index contributed by atoms with van der Waals surface area (Å²) in [5.74, 6) is -1.89. The van der Waals surface area contributed by atoms with Crippen LogP contribution in [0.1, 0.15) is 0 Å². The Hall–Kier alpha value is -8.99. The highest BCUT2D eigenvalue weighted by Crippen LogP contribution is 2.45. The Labute approximate surface area is 400 Å². The van der Waals surface area contributed by atoms with Gasteiger partial charge >= 0.3 is 0 Å². The van der Waals surface area contributed by atoms with E-state index < -0.39 is 67.9 Å². The molecule has 360 valence electrons. The van der Waals surface area contributed by atoms with Crippen molar-refractivity contribution >= 4 is 120 Å². The smallest absolute Gasteiger partial charge is 0.296 e. The van der Waals surface area contributed by atoms with Crippen LogP contribution in [0.2, 0.25) is 0 Å². The van der Waals surface area contributed by atoms with Crippen molar-refractivity contribution < 1.29 is 59.3 Å². The van der Waals surface area contributed by atoms with Crippen molar-refractivity contribution in [3.8, 4) is 23.0 Å². The lowest BCUT2D eigenvalue weighted by Crippen LogP contribution is -2.03. The van der Waals surface area contributed by atoms with E-state index in [-0.39, 0.29) is 78.5 Å². The molecule has 27 heteroatoms. The average molecular weight is 1020 g/mol. The van der Waals surface area contributed by atoms with Crippen LogP contribution in [0.15, 0.2) is 183 Å². The SMILES string of the molecule is Nc1ccc(O)c(N=Nc2ccc3cc(S(=O)(=O)O)c(N=Nc4ccc(Nc5ccc(N=Nc6c(S(=O)(=O)O)cc7ccc(N=Nc8cc(N)ccc8O)cc7c6O)cc5S(=O)(=O)O)cc4)c(O)c3c2)c1. The Morgan fingerprint density at radius 2 is 0.789 bits per heavy atom. The van der Waals surface area contributed by atoms with E-state index >= 15 is 0 Å². The van der Waals surface area contributed by atoms with Crippen molar-refractivity contribution in [1.82, 2.24) is 0 Å². The first-order chi connectivity index (χ1) is 33.5. The van der Waals surface area contributed by atoms with Gasteiger partial charge in [0.2, 0.25) is 0 Å². The molecule has 0 amide bonds. The minimum Gasteiger partial charge on any atom is -0.506 e. The third kappa shape index (κ3) is 10.8. The molecule has 0 saturated carbocycles. The van der Waals surface area contributed by atoms with Crippen LogP contribution in [0.5, 0.6) is 23.0 Å². The maximum Gasteiger partial charge on any atom is 0.296 e. The number of aromatic hydroxyl groups is 4. The predicted molar refractivity (Wildman–Crippen MR) is 259 cm³/mol. The van der Waals surface area contributed by atoms with Crippen molar-refractivity contribution in [1.29, 1.82) is 0 Å². The van der Waals surface area contributed by atoms with E-state index in [0.29, 0.717) is 11.4 Å². The molecule has 24 nitrogen and oxygen atoms in total. The van der Waals surface area contributed by atoms with Crippen molar-refractivity contribution in [2.24, 2.45) is 40.9 Å². The quantitative estimate of drug-likeness (QED) is 0.0222. The highest BCUT2D eigenvalue weighted by molar-refractivity contribution is 7.86. The van der Waals surface area contributed by atoms with Gasteiger partial charge in [-0.15, -0.1) is 20.5 Å². The standard InChI is InChI=1S/C44H33N11O13S3/c45-24-3-13-36(56)34(17-24)52-49-28-5-1-22-15-39(70(63,64)65)41(43(58)31(22)19-28)54-48-27-9-7-26(8-10-27)47-33-12-11-30(21-38(33)69(60,61)62)51-55-42-40(71(66,67)68)16-23-2-6-29(20-32(23)44(42)59)50-53-35-18-25(46)4-14-37(35)57/h1-21,47,56-59H,45-46H2,(H,60,61,62)(H,63,64,65)(H,66,67,68). The number of rotatable bonds is 13. The number of hydrogen-bond donors (Lipinski definition) is 10. The predicted octanol–water partition coefficient (Wildman–Crippen LogP) is 11.1. The van der Waals surface area contributed by atoms with Gasteiger partial charge in [-0.25, -0.2) is 0 Å². The number of nitrogens with zero attached hydrogens (tertiary/aromatic N) is 8. The molecule has 0 saturated heterocycles. The first-order valence-electron chi connectivity index (χ1n) is 19.9. The number of hydrogen-bond acceptors (Lipinski definition) is 21. The average Bonchev–Trinajstić information content (AvgIpc) is 3.31. The molecule has 0 aliphatic carbocycles. The number of nitrogens with two attached hydrogens (primary N) is 2. The fraction of sp³-hybridized carbons (Fsp3) is 0. The second-order valence-electron chi connectivity index (χ2n) is 15.0. The summed E-state index contributed by atoms with van der Waals surface area (Å²) in [6.07, 6.45) is 0. The van der Waals surface area contributed by atoms with Gasteiger partial charge in [0.25, 0.3) is 30.4 Å². The van der Waals surface area contributed by atoms with Crippen LogP contribution in [0.3, 0.4) is 0 Å². The lowest BCUT2D eigenvalue weighted by atomic mass is 10.1. The Balaban J connectivity index is 1.05. The number of fused-ring (bicyclic) bond motifs is 2. The van der Waals surface area contributed by atoms with Crippen LogP contribution in [0.4, 0.5) is 68.2 Å². The zero-order chi connectivity index (χ0) is 51.0. The van der Waals surface area contributed by atoms with Crippen molar-refractivity contribution in [2.45, 2.75) is 14.7 Å². The molecule has 0 unspecified atom stereocenters. The highest BCUT2D eigenvalue weighted by atomic mass is 32.2. The van der Waals surface area contributed by atoms with E-state index in [2.05, 4.69) is 46.2 Å². The molecule has 0 aliphatic rings. The first kappa shape index (κ1) is 48.5. The lowest BCUT2D eigenvalue weighted by molar-refractivity contribution is 0.471. The molecule has 0 heterocycles. The second-order valence-corrected chi connectivity index (χ2v) is 19.2. The summed E-state index contributed by atoms with van der Waals surface area (Å²) < 4.78 is 105. The second kappa shape index (κ2) is 18.8. The van der Waals surface area contributed by atoms with Gasteiger partial charge in [0.1, 0.15) is 48.9 Å². The van der Waals surface area contributed by atoms with Crippen LogP contribution >= 0.6 is 0 Å². The summed E-state index contributed by atoms with van der Waals surface area (Å²) in [5.41, 5.74) is 11.0. The van der Waals surface area contributed by atoms with Crippen LogP contribution in [-0.4, -0.2) is 59.3 Å². The molecule has 0 bridgehead atoms. The molecular formula is C44H33N11O13S3. The lowest BCUT2D eigenvalue weighted by Gasteiger charge is -2.12. The van der Waals surface area contributed by atoms with Gasteiger partial charge in [0, 0.05) is 27.8 Å². The molecule has 71 heavy (non-hydrogen) atoms. The van der Waals surface area contributed by atoms with Gasteiger partial charge in [-0.1, -0.05) is 12.1 Å². The molecule has 8 aromatic carbocycles. The molecule has 8 rings (SSSR count). The molecule has 0 fully saturated rings. The molecule has 12 N–H and O–H groups in total. The maximum atomic E-state index is 12.6. The van der Waals surface area contributed by atoms with Gasteiger partial charge < -0.3 is 37.2 Å². The van der Waals surface area contributed by atoms with Gasteiger partial charge in [0.05, 0.1) is 28.4 Å². The van der Waals surface area contributed by atoms with Crippen LogP contribution in [0, 0.1) is 0 Å². The summed E-state index contributed by atoms with van der Waals surface area (Å²) in [5, 5.41) is 77.4. The normalized spacial score (nSPS) is 12.6. The highest BCUT2D eigenvalue weighted by Gasteiger charge is 2.25. The molecular weight excluding hydrogens is 987 g/mol. The van der Waals surface area contributed by atoms with Crippen molar-refractivity contribution in [3.05, 3.63) is 127 Å². The Bertz CT molecular complexity index is 3970. The maximum absolute atomic E-state index is 12.6. The van der Waals surface area contributed by atoms with Crippen LogP contribution in [-0.2, 0) is 30.4 Å². The Morgan fingerprint density at radius 1 is 0.394 bits per heavy atom. The van der Waals surface area contributed by atoms with Gasteiger partial charge in [-0.05, 0) is 126 Å². The van der Waals surface area contributed by atoms with Gasteiger partial charge in [0.15, 0.2) is 11.5 Å². The molecule has 0 radical (unpaired) electrons. The monoisotopic (exact) mass is 1020 g/mol. The van der Waals surface area contributed by atoms with Crippen molar-refractivity contribution in [3.63, 3.8) is 0 Å². The number of phenols is 4. The van der Waals surface area contributed by atoms with E-state index in [0.717, 1.165) is 18.2 Å². The summed E-state index contributed by atoms with van der Waals surface area (Å²) >= 11 is 0. The molecule has 0 aromatic heterocycles. The third-order valence-corrected chi connectivity index (χ3v) is 12.7. The van der Waals surface area contributed by atoms with E-state index in [1.165, 1.54) is 109 Å². The Kier molecular flexibility index (Phi) is 12.9. The number of benzene rings is 8. The van der Waals surface area contributed by atoms with E-state index in [4.69, 9.17) is 11.5 Å². The number of nitrogen functional groups attached to an aromatic ring is 2. The minimum atomic E-state index is -5.06. The number of anilines is 4. The number of nitrogens with one attached hydrogen (secondary N) is 1. The first-order valence-corrected chi connectivity index (χ1v) is 24.2. The van der Waals surface area contributed by atoms with Crippen LogP contribution < -0.4 is 16.8 Å². The Morgan fingerprint density at radius 3 is 1.24 bits per heavy atom. The number of azo groups is 4.